The van der Waals surface area contributed by atoms with Crippen molar-refractivity contribution in [2.24, 2.45) is 23.2 Å². The topological polar surface area (TPSA) is 0 Å². The third-order valence-electron chi connectivity index (χ3n) is 4.61. The SMILES string of the molecule is C/C=C\C12CC3CC(CC(C3)C1)C2. The maximum atomic E-state index is 2.54. The molecule has 0 aromatic heterocycles. The summed E-state index contributed by atoms with van der Waals surface area (Å²) in [4.78, 5) is 0. The van der Waals surface area contributed by atoms with Gasteiger partial charge >= 0.3 is 0 Å². The molecule has 13 heavy (non-hydrogen) atoms. The zero-order valence-corrected chi connectivity index (χ0v) is 8.63. The van der Waals surface area contributed by atoms with Crippen molar-refractivity contribution in [3.8, 4) is 0 Å². The lowest BCUT2D eigenvalue weighted by atomic mass is 9.49. The van der Waals surface area contributed by atoms with Crippen LogP contribution in [-0.4, -0.2) is 0 Å². The van der Waals surface area contributed by atoms with Crippen LogP contribution in [-0.2, 0) is 0 Å². The third-order valence-corrected chi connectivity index (χ3v) is 4.61. The van der Waals surface area contributed by atoms with Crippen molar-refractivity contribution in [2.75, 3.05) is 0 Å². The Morgan fingerprint density at radius 1 is 0.923 bits per heavy atom. The molecule has 4 aliphatic rings. The fourth-order valence-electron chi connectivity index (χ4n) is 4.74. The molecule has 0 heterocycles. The largest absolute Gasteiger partial charge is 0.0911 e. The van der Waals surface area contributed by atoms with Gasteiger partial charge in [0.2, 0.25) is 0 Å². The standard InChI is InChI=1S/C13H20/c1-2-3-13-7-10-4-11(8-13)6-12(5-10)9-13/h2-3,10-12H,4-9H2,1H3/b3-2-. The minimum absolute atomic E-state index is 0.670. The predicted octanol–water partition coefficient (Wildman–Crippen LogP) is 3.78. The summed E-state index contributed by atoms with van der Waals surface area (Å²) < 4.78 is 0. The molecule has 4 aliphatic carbocycles. The van der Waals surface area contributed by atoms with Gasteiger partial charge in [-0.1, -0.05) is 12.2 Å². The average molecular weight is 176 g/mol. The van der Waals surface area contributed by atoms with E-state index in [2.05, 4.69) is 19.1 Å². The van der Waals surface area contributed by atoms with E-state index in [0.717, 1.165) is 17.8 Å². The Hall–Kier alpha value is -0.260. The molecule has 0 amide bonds. The van der Waals surface area contributed by atoms with Crippen molar-refractivity contribution in [3.63, 3.8) is 0 Å². The first kappa shape index (κ1) is 8.08. The van der Waals surface area contributed by atoms with E-state index in [0.29, 0.717) is 5.41 Å². The van der Waals surface area contributed by atoms with Crippen molar-refractivity contribution < 1.29 is 0 Å². The Balaban J connectivity index is 1.91. The molecule has 0 nitrogen and oxygen atoms in total. The molecular weight excluding hydrogens is 156 g/mol. The molecule has 0 aromatic carbocycles. The molecular formula is C13H20. The summed E-state index contributed by atoms with van der Waals surface area (Å²) in [6, 6.07) is 0. The second-order valence-electron chi connectivity index (χ2n) is 5.78. The monoisotopic (exact) mass is 176 g/mol. The van der Waals surface area contributed by atoms with Crippen LogP contribution in [0.3, 0.4) is 0 Å². The highest BCUT2D eigenvalue weighted by Gasteiger charge is 2.49. The quantitative estimate of drug-likeness (QED) is 0.533. The molecule has 4 rings (SSSR count). The van der Waals surface area contributed by atoms with E-state index in [9.17, 15) is 0 Å². The van der Waals surface area contributed by atoms with Crippen molar-refractivity contribution >= 4 is 0 Å². The second-order valence-corrected chi connectivity index (χ2v) is 5.78. The van der Waals surface area contributed by atoms with E-state index in [1.54, 1.807) is 19.3 Å². The van der Waals surface area contributed by atoms with Crippen molar-refractivity contribution in [1.29, 1.82) is 0 Å². The molecule has 0 atom stereocenters. The molecule has 4 fully saturated rings. The molecule has 0 radical (unpaired) electrons. The van der Waals surface area contributed by atoms with Crippen LogP contribution < -0.4 is 0 Å². The Bertz CT molecular complexity index is 201. The van der Waals surface area contributed by atoms with E-state index in [-0.39, 0.29) is 0 Å². The predicted molar refractivity (Wildman–Crippen MR) is 55.4 cm³/mol. The summed E-state index contributed by atoms with van der Waals surface area (Å²) in [6.07, 6.45) is 14.1. The molecule has 4 bridgehead atoms. The van der Waals surface area contributed by atoms with Crippen LogP contribution in [0.25, 0.3) is 0 Å². The minimum atomic E-state index is 0.670. The second kappa shape index (κ2) is 2.62. The van der Waals surface area contributed by atoms with E-state index in [4.69, 9.17) is 0 Å². The summed E-state index contributed by atoms with van der Waals surface area (Å²) in [5, 5.41) is 0. The van der Waals surface area contributed by atoms with E-state index in [1.165, 1.54) is 19.3 Å². The molecule has 0 unspecified atom stereocenters. The van der Waals surface area contributed by atoms with Gasteiger partial charge in [-0.05, 0) is 68.6 Å². The third kappa shape index (κ3) is 1.18. The molecule has 72 valence electrons. The summed E-state index contributed by atoms with van der Waals surface area (Å²) in [7, 11) is 0. The van der Waals surface area contributed by atoms with Crippen LogP contribution in [0.15, 0.2) is 12.2 Å². The smallest absolute Gasteiger partial charge is 0.0110 e. The lowest BCUT2D eigenvalue weighted by Crippen LogP contribution is -2.44. The Morgan fingerprint density at radius 2 is 1.38 bits per heavy atom. The highest BCUT2D eigenvalue weighted by atomic mass is 14.5. The van der Waals surface area contributed by atoms with Gasteiger partial charge in [0, 0.05) is 0 Å². The summed E-state index contributed by atoms with van der Waals surface area (Å²) in [5.74, 6) is 3.30. The first-order chi connectivity index (χ1) is 6.30. The molecule has 0 aromatic rings. The molecule has 0 heteroatoms. The average Bonchev–Trinajstić information content (AvgIpc) is 2.00. The van der Waals surface area contributed by atoms with E-state index >= 15 is 0 Å². The number of rotatable bonds is 1. The van der Waals surface area contributed by atoms with Gasteiger partial charge in [-0.2, -0.15) is 0 Å². The van der Waals surface area contributed by atoms with Crippen molar-refractivity contribution in [2.45, 2.75) is 45.4 Å². The molecule has 0 aliphatic heterocycles. The molecule has 0 saturated heterocycles. The molecule has 0 spiro atoms. The van der Waals surface area contributed by atoms with Crippen molar-refractivity contribution in [3.05, 3.63) is 12.2 Å². The normalized spacial score (nSPS) is 53.5. The van der Waals surface area contributed by atoms with Gasteiger partial charge in [0.05, 0.1) is 0 Å². The number of hydrogen-bond donors (Lipinski definition) is 0. The fourth-order valence-corrected chi connectivity index (χ4v) is 4.74. The highest BCUT2D eigenvalue weighted by molar-refractivity contribution is 5.10. The fraction of sp³-hybridized carbons (Fsp3) is 0.846. The van der Waals surface area contributed by atoms with Crippen LogP contribution in [0, 0.1) is 23.2 Å². The van der Waals surface area contributed by atoms with Crippen LogP contribution in [0.4, 0.5) is 0 Å². The van der Waals surface area contributed by atoms with Crippen LogP contribution in [0.5, 0.6) is 0 Å². The maximum Gasteiger partial charge on any atom is -0.0110 e. The van der Waals surface area contributed by atoms with Crippen LogP contribution in [0.2, 0.25) is 0 Å². The lowest BCUT2D eigenvalue weighted by Gasteiger charge is -2.55. The maximum absolute atomic E-state index is 2.54. The molecule has 0 N–H and O–H groups in total. The van der Waals surface area contributed by atoms with E-state index < -0.39 is 0 Å². The van der Waals surface area contributed by atoms with Crippen LogP contribution >= 0.6 is 0 Å². The first-order valence-electron chi connectivity index (χ1n) is 5.93. The van der Waals surface area contributed by atoms with Crippen LogP contribution in [0.1, 0.15) is 45.4 Å². The van der Waals surface area contributed by atoms with Gasteiger partial charge in [0.1, 0.15) is 0 Å². The Labute approximate surface area is 81.4 Å². The van der Waals surface area contributed by atoms with Gasteiger partial charge in [0.25, 0.3) is 0 Å². The first-order valence-corrected chi connectivity index (χ1v) is 5.93. The van der Waals surface area contributed by atoms with Gasteiger partial charge in [-0.15, -0.1) is 0 Å². The van der Waals surface area contributed by atoms with E-state index in [1.807, 2.05) is 0 Å². The van der Waals surface area contributed by atoms with Gasteiger partial charge in [0.15, 0.2) is 0 Å². The number of allylic oxidation sites excluding steroid dienone is 2. The minimum Gasteiger partial charge on any atom is -0.0911 e. The zero-order valence-electron chi connectivity index (χ0n) is 8.63. The Morgan fingerprint density at radius 3 is 1.77 bits per heavy atom. The lowest BCUT2D eigenvalue weighted by molar-refractivity contribution is -0.0237. The van der Waals surface area contributed by atoms with Gasteiger partial charge in [-0.25, -0.2) is 0 Å². The number of hydrogen-bond acceptors (Lipinski definition) is 0. The summed E-state index contributed by atoms with van der Waals surface area (Å²) in [6.45, 7) is 2.19. The highest BCUT2D eigenvalue weighted by Crippen LogP contribution is 2.60. The molecule has 4 saturated carbocycles. The van der Waals surface area contributed by atoms with Crippen molar-refractivity contribution in [1.82, 2.24) is 0 Å². The Kier molecular flexibility index (Phi) is 1.63. The summed E-state index contributed by atoms with van der Waals surface area (Å²) in [5.41, 5.74) is 0.670. The zero-order chi connectivity index (χ0) is 8.89. The summed E-state index contributed by atoms with van der Waals surface area (Å²) >= 11 is 0. The van der Waals surface area contributed by atoms with Gasteiger partial charge in [-0.3, -0.25) is 0 Å². The van der Waals surface area contributed by atoms with Gasteiger partial charge < -0.3 is 0 Å².